The van der Waals surface area contributed by atoms with Gasteiger partial charge in [-0.2, -0.15) is 0 Å². The van der Waals surface area contributed by atoms with Crippen molar-refractivity contribution in [1.29, 1.82) is 0 Å². The zero-order valence-corrected chi connectivity index (χ0v) is 7.65. The fourth-order valence-corrected chi connectivity index (χ4v) is 1.44. The maximum atomic E-state index is 12.9. The molecule has 14 heavy (non-hydrogen) atoms. The lowest BCUT2D eigenvalue weighted by molar-refractivity contribution is 0.287. The van der Waals surface area contributed by atoms with E-state index in [0.717, 1.165) is 11.3 Å². The number of aliphatic hydroxyl groups is 1. The van der Waals surface area contributed by atoms with Gasteiger partial charge in [0, 0.05) is 19.2 Å². The van der Waals surface area contributed by atoms with Crippen molar-refractivity contribution in [3.63, 3.8) is 0 Å². The standard InChI is InChI=1S/C10H11FN2O/c11-8-3-4-9-6-12-10(2-1-5-14)13(9)7-8/h3-4,6-7,14H,1-2,5H2. The number of rotatable bonds is 3. The van der Waals surface area contributed by atoms with Gasteiger partial charge in [0.1, 0.15) is 11.6 Å². The van der Waals surface area contributed by atoms with Crippen LogP contribution in [-0.4, -0.2) is 21.1 Å². The molecule has 0 saturated carbocycles. The van der Waals surface area contributed by atoms with E-state index in [2.05, 4.69) is 4.98 Å². The van der Waals surface area contributed by atoms with Crippen LogP contribution in [-0.2, 0) is 6.42 Å². The van der Waals surface area contributed by atoms with Crippen molar-refractivity contribution in [3.05, 3.63) is 36.2 Å². The number of imidazole rings is 1. The molecule has 2 aromatic rings. The molecule has 0 radical (unpaired) electrons. The second kappa shape index (κ2) is 3.75. The molecule has 0 spiro atoms. The van der Waals surface area contributed by atoms with Crippen molar-refractivity contribution >= 4 is 5.52 Å². The van der Waals surface area contributed by atoms with Crippen LogP contribution in [0.15, 0.2) is 24.5 Å². The zero-order valence-electron chi connectivity index (χ0n) is 7.65. The average Bonchev–Trinajstić information content (AvgIpc) is 2.57. The molecule has 1 N–H and O–H groups in total. The van der Waals surface area contributed by atoms with Crippen LogP contribution in [0, 0.1) is 5.82 Å². The van der Waals surface area contributed by atoms with Crippen LogP contribution >= 0.6 is 0 Å². The van der Waals surface area contributed by atoms with Crippen LogP contribution < -0.4 is 0 Å². The Morgan fingerprint density at radius 3 is 3.07 bits per heavy atom. The molecule has 0 saturated heterocycles. The quantitative estimate of drug-likeness (QED) is 0.801. The second-order valence-corrected chi connectivity index (χ2v) is 3.14. The highest BCUT2D eigenvalue weighted by atomic mass is 19.1. The van der Waals surface area contributed by atoms with Gasteiger partial charge in [0.2, 0.25) is 0 Å². The monoisotopic (exact) mass is 194 g/mol. The number of aliphatic hydroxyl groups excluding tert-OH is 1. The molecular formula is C10H11FN2O. The molecule has 2 heterocycles. The summed E-state index contributed by atoms with van der Waals surface area (Å²) in [5.41, 5.74) is 0.874. The molecule has 0 aromatic carbocycles. The Morgan fingerprint density at radius 1 is 1.43 bits per heavy atom. The van der Waals surface area contributed by atoms with E-state index in [1.165, 1.54) is 12.3 Å². The van der Waals surface area contributed by atoms with Crippen molar-refractivity contribution in [1.82, 2.24) is 9.38 Å². The number of nitrogens with zero attached hydrogens (tertiary/aromatic N) is 2. The predicted octanol–water partition coefficient (Wildman–Crippen LogP) is 1.40. The Hall–Kier alpha value is -1.42. The van der Waals surface area contributed by atoms with E-state index >= 15 is 0 Å². The van der Waals surface area contributed by atoms with E-state index in [0.29, 0.717) is 12.8 Å². The van der Waals surface area contributed by atoms with E-state index < -0.39 is 0 Å². The third-order valence-corrected chi connectivity index (χ3v) is 2.13. The summed E-state index contributed by atoms with van der Waals surface area (Å²) >= 11 is 0. The fourth-order valence-electron chi connectivity index (χ4n) is 1.44. The fraction of sp³-hybridized carbons (Fsp3) is 0.300. The molecule has 0 aliphatic heterocycles. The molecule has 0 aliphatic carbocycles. The van der Waals surface area contributed by atoms with Gasteiger partial charge < -0.3 is 9.51 Å². The summed E-state index contributed by atoms with van der Waals surface area (Å²) in [7, 11) is 0. The number of fused-ring (bicyclic) bond motifs is 1. The minimum absolute atomic E-state index is 0.129. The first kappa shape index (κ1) is 9.15. The van der Waals surface area contributed by atoms with Gasteiger partial charge in [0.05, 0.1) is 11.7 Å². The zero-order chi connectivity index (χ0) is 9.97. The molecule has 0 fully saturated rings. The van der Waals surface area contributed by atoms with Crippen LogP contribution in [0.3, 0.4) is 0 Å². The van der Waals surface area contributed by atoms with Crippen molar-refractivity contribution in [2.75, 3.05) is 6.61 Å². The van der Waals surface area contributed by atoms with Crippen LogP contribution in [0.25, 0.3) is 5.52 Å². The Bertz CT molecular complexity index is 439. The van der Waals surface area contributed by atoms with E-state index in [-0.39, 0.29) is 12.4 Å². The van der Waals surface area contributed by atoms with Crippen molar-refractivity contribution in [2.24, 2.45) is 0 Å². The maximum Gasteiger partial charge on any atom is 0.139 e. The van der Waals surface area contributed by atoms with Gasteiger partial charge in [0.25, 0.3) is 0 Å². The highest BCUT2D eigenvalue weighted by molar-refractivity contribution is 5.45. The van der Waals surface area contributed by atoms with Gasteiger partial charge in [-0.3, -0.25) is 0 Å². The van der Waals surface area contributed by atoms with E-state index in [4.69, 9.17) is 5.11 Å². The van der Waals surface area contributed by atoms with E-state index in [1.807, 2.05) is 0 Å². The first-order valence-electron chi connectivity index (χ1n) is 4.53. The highest BCUT2D eigenvalue weighted by Gasteiger charge is 2.03. The van der Waals surface area contributed by atoms with Gasteiger partial charge >= 0.3 is 0 Å². The second-order valence-electron chi connectivity index (χ2n) is 3.14. The molecule has 0 amide bonds. The van der Waals surface area contributed by atoms with Crippen LogP contribution in [0.4, 0.5) is 4.39 Å². The molecular weight excluding hydrogens is 183 g/mol. The minimum atomic E-state index is -0.277. The Labute approximate surface area is 80.8 Å². The molecule has 74 valence electrons. The van der Waals surface area contributed by atoms with Crippen LogP contribution in [0.5, 0.6) is 0 Å². The van der Waals surface area contributed by atoms with Crippen LogP contribution in [0.1, 0.15) is 12.2 Å². The van der Waals surface area contributed by atoms with Crippen LogP contribution in [0.2, 0.25) is 0 Å². The van der Waals surface area contributed by atoms with E-state index in [9.17, 15) is 4.39 Å². The van der Waals surface area contributed by atoms with Gasteiger partial charge in [-0.1, -0.05) is 0 Å². The van der Waals surface area contributed by atoms with Gasteiger partial charge in [-0.25, -0.2) is 9.37 Å². The Morgan fingerprint density at radius 2 is 2.29 bits per heavy atom. The lowest BCUT2D eigenvalue weighted by Crippen LogP contribution is -1.97. The van der Waals surface area contributed by atoms with Gasteiger partial charge in [0.15, 0.2) is 0 Å². The highest BCUT2D eigenvalue weighted by Crippen LogP contribution is 2.09. The largest absolute Gasteiger partial charge is 0.396 e. The summed E-state index contributed by atoms with van der Waals surface area (Å²) in [6.45, 7) is 0.129. The predicted molar refractivity (Wildman–Crippen MR) is 50.6 cm³/mol. The average molecular weight is 194 g/mol. The van der Waals surface area contributed by atoms with Gasteiger partial charge in [-0.15, -0.1) is 0 Å². The number of aromatic nitrogens is 2. The molecule has 0 unspecified atom stereocenters. The molecule has 3 nitrogen and oxygen atoms in total. The Balaban J connectivity index is 2.40. The first-order valence-corrected chi connectivity index (χ1v) is 4.53. The third kappa shape index (κ3) is 1.61. The van der Waals surface area contributed by atoms with E-state index in [1.54, 1.807) is 16.7 Å². The summed E-state index contributed by atoms with van der Waals surface area (Å²) in [5.74, 6) is 0.509. The topological polar surface area (TPSA) is 37.5 Å². The smallest absolute Gasteiger partial charge is 0.139 e. The summed E-state index contributed by atoms with van der Waals surface area (Å²) in [6, 6.07) is 3.09. The number of aryl methyl sites for hydroxylation is 1. The normalized spacial score (nSPS) is 11.0. The molecule has 4 heteroatoms. The number of halogens is 1. The molecule has 0 atom stereocenters. The number of hydrogen-bond acceptors (Lipinski definition) is 2. The van der Waals surface area contributed by atoms with Crippen molar-refractivity contribution in [3.8, 4) is 0 Å². The maximum absolute atomic E-state index is 12.9. The van der Waals surface area contributed by atoms with Gasteiger partial charge in [-0.05, 0) is 18.6 Å². The summed E-state index contributed by atoms with van der Waals surface area (Å²) in [5, 5.41) is 8.68. The Kier molecular flexibility index (Phi) is 2.45. The third-order valence-electron chi connectivity index (χ3n) is 2.13. The molecule has 0 aliphatic rings. The lowest BCUT2D eigenvalue weighted by Gasteiger charge is -1.99. The SMILES string of the molecule is OCCCc1ncc2ccc(F)cn12. The number of pyridine rings is 1. The molecule has 0 bridgehead atoms. The van der Waals surface area contributed by atoms with Crippen molar-refractivity contribution < 1.29 is 9.50 Å². The molecule has 2 aromatic heterocycles. The summed E-state index contributed by atoms with van der Waals surface area (Å²) in [6.07, 6.45) is 4.42. The van der Waals surface area contributed by atoms with Crippen molar-refractivity contribution in [2.45, 2.75) is 12.8 Å². The minimum Gasteiger partial charge on any atom is -0.396 e. The summed E-state index contributed by atoms with van der Waals surface area (Å²) < 4.78 is 14.6. The first-order chi connectivity index (χ1) is 6.81. The number of hydrogen-bond donors (Lipinski definition) is 1. The lowest BCUT2D eigenvalue weighted by atomic mass is 10.3. The summed E-state index contributed by atoms with van der Waals surface area (Å²) in [4.78, 5) is 4.16. The molecule has 2 rings (SSSR count).